The molecule has 0 bridgehead atoms. The van der Waals surface area contributed by atoms with Crippen LogP contribution in [0.5, 0.6) is 0 Å². The highest BCUT2D eigenvalue weighted by Gasteiger charge is 2.49. The Labute approximate surface area is 130 Å². The number of hydrogen-bond donors (Lipinski definition) is 0. The molecule has 2 aromatic rings. The number of carbonyl (C=O) groups excluding carboxylic acids is 1. The van der Waals surface area contributed by atoms with E-state index in [2.05, 4.69) is 9.97 Å². The highest BCUT2D eigenvalue weighted by atomic mass is 32.1. The first-order chi connectivity index (χ1) is 10.0. The van der Waals surface area contributed by atoms with Crippen molar-refractivity contribution in [2.24, 2.45) is 0 Å². The third-order valence-corrected chi connectivity index (χ3v) is 4.78. The molecular formula is C15H15F3N2OS. The molecule has 2 heterocycles. The second-order valence-corrected chi connectivity index (χ2v) is 6.54. The zero-order valence-corrected chi connectivity index (χ0v) is 13.4. The summed E-state index contributed by atoms with van der Waals surface area (Å²) in [5.41, 5.74) is -0.901. The average molecular weight is 328 g/mol. The Bertz CT molecular complexity index is 720. The van der Waals surface area contributed by atoms with Gasteiger partial charge in [0.05, 0.1) is 16.3 Å². The van der Waals surface area contributed by atoms with Crippen molar-refractivity contribution in [3.05, 3.63) is 34.7 Å². The minimum atomic E-state index is -4.40. The molecule has 0 aliphatic rings. The van der Waals surface area contributed by atoms with Crippen molar-refractivity contribution >= 4 is 17.1 Å². The summed E-state index contributed by atoms with van der Waals surface area (Å²) in [5, 5.41) is 0.348. The first-order valence-electron chi connectivity index (χ1n) is 6.56. The van der Waals surface area contributed by atoms with E-state index >= 15 is 0 Å². The van der Waals surface area contributed by atoms with Crippen LogP contribution < -0.4 is 0 Å². The molecule has 0 saturated carbocycles. The molecule has 0 radical (unpaired) electrons. The van der Waals surface area contributed by atoms with Gasteiger partial charge in [-0.1, -0.05) is 0 Å². The lowest BCUT2D eigenvalue weighted by Gasteiger charge is -2.27. The lowest BCUT2D eigenvalue weighted by atomic mass is 9.87. The molecule has 0 aromatic carbocycles. The van der Waals surface area contributed by atoms with Crippen molar-refractivity contribution in [3.63, 3.8) is 0 Å². The number of ketones is 1. The van der Waals surface area contributed by atoms with Gasteiger partial charge >= 0.3 is 6.18 Å². The number of aryl methyl sites for hydroxylation is 1. The number of nitrogens with zero attached hydrogens (tertiary/aromatic N) is 2. The number of thiazole rings is 1. The summed E-state index contributed by atoms with van der Waals surface area (Å²) in [6.07, 6.45) is -3.04. The van der Waals surface area contributed by atoms with Gasteiger partial charge in [0.2, 0.25) is 0 Å². The lowest BCUT2D eigenvalue weighted by Crippen LogP contribution is -2.37. The Morgan fingerprint density at radius 1 is 1.27 bits per heavy atom. The molecule has 3 nitrogen and oxygen atoms in total. The van der Waals surface area contributed by atoms with Gasteiger partial charge in [-0.05, 0) is 38.5 Å². The van der Waals surface area contributed by atoms with Crippen LogP contribution >= 0.6 is 11.3 Å². The average Bonchev–Trinajstić information content (AvgIpc) is 2.80. The minimum absolute atomic E-state index is 0.0605. The number of halogens is 3. The predicted molar refractivity (Wildman–Crippen MR) is 79.2 cm³/mol. The van der Waals surface area contributed by atoms with Crippen LogP contribution in [0.2, 0.25) is 0 Å². The fourth-order valence-electron chi connectivity index (χ4n) is 1.87. The van der Waals surface area contributed by atoms with Crippen LogP contribution in [0.4, 0.5) is 13.2 Å². The summed E-state index contributed by atoms with van der Waals surface area (Å²) in [4.78, 5) is 20.1. The van der Waals surface area contributed by atoms with Gasteiger partial charge in [0, 0.05) is 13.1 Å². The molecule has 0 unspecified atom stereocenters. The molecule has 0 aliphatic carbocycles. The predicted octanol–water partition coefficient (Wildman–Crippen LogP) is 4.56. The standard InChI is InChI=1S/C15H15F3N2OS/c1-8-12(22-13(20-8)9(2)21)10-5-6-19-11(7-10)14(3,4)15(16,17)18/h5-7H,1-4H3. The van der Waals surface area contributed by atoms with Crippen molar-refractivity contribution in [3.8, 4) is 10.4 Å². The van der Waals surface area contributed by atoms with Crippen molar-refractivity contribution in [2.45, 2.75) is 39.3 Å². The number of rotatable bonds is 3. The van der Waals surface area contributed by atoms with Crippen molar-refractivity contribution in [1.29, 1.82) is 0 Å². The van der Waals surface area contributed by atoms with Crippen molar-refractivity contribution in [2.75, 3.05) is 0 Å². The monoisotopic (exact) mass is 328 g/mol. The SMILES string of the molecule is CC(=O)c1nc(C)c(-c2ccnc(C(C)(C)C(F)(F)F)c2)s1. The number of hydrogen-bond acceptors (Lipinski definition) is 4. The zero-order chi connectivity index (χ0) is 16.7. The van der Waals surface area contributed by atoms with Crippen LogP contribution in [0.15, 0.2) is 18.3 Å². The number of pyridine rings is 1. The maximum Gasteiger partial charge on any atom is 0.399 e. The van der Waals surface area contributed by atoms with E-state index in [0.29, 0.717) is 21.1 Å². The van der Waals surface area contributed by atoms with Crippen LogP contribution in [0, 0.1) is 6.92 Å². The molecule has 0 fully saturated rings. The Morgan fingerprint density at radius 3 is 2.41 bits per heavy atom. The van der Waals surface area contributed by atoms with Crippen molar-refractivity contribution < 1.29 is 18.0 Å². The van der Waals surface area contributed by atoms with Crippen LogP contribution in [0.25, 0.3) is 10.4 Å². The molecular weight excluding hydrogens is 313 g/mol. The molecule has 0 aliphatic heterocycles. The summed E-state index contributed by atoms with van der Waals surface area (Å²) in [6.45, 7) is 5.33. The summed E-state index contributed by atoms with van der Waals surface area (Å²) >= 11 is 1.18. The smallest absolute Gasteiger partial charge is 0.292 e. The molecule has 2 rings (SSSR count). The van der Waals surface area contributed by atoms with Crippen LogP contribution in [-0.4, -0.2) is 21.9 Å². The fourth-order valence-corrected chi connectivity index (χ4v) is 2.83. The fraction of sp³-hybridized carbons (Fsp3) is 0.400. The van der Waals surface area contributed by atoms with Gasteiger partial charge in [0.1, 0.15) is 5.41 Å². The van der Waals surface area contributed by atoms with E-state index < -0.39 is 11.6 Å². The maximum absolute atomic E-state index is 13.1. The number of carbonyl (C=O) groups is 1. The molecule has 0 saturated heterocycles. The van der Waals surface area contributed by atoms with Crippen LogP contribution in [0.3, 0.4) is 0 Å². The highest BCUT2D eigenvalue weighted by molar-refractivity contribution is 7.17. The Kier molecular flexibility index (Phi) is 4.12. The van der Waals surface area contributed by atoms with Gasteiger partial charge in [0.25, 0.3) is 0 Å². The summed E-state index contributed by atoms with van der Waals surface area (Å²) < 4.78 is 39.4. The van der Waals surface area contributed by atoms with E-state index in [4.69, 9.17) is 0 Å². The van der Waals surface area contributed by atoms with E-state index in [9.17, 15) is 18.0 Å². The molecule has 0 amide bonds. The maximum atomic E-state index is 13.1. The summed E-state index contributed by atoms with van der Waals surface area (Å²) in [6, 6.07) is 3.04. The minimum Gasteiger partial charge on any atom is -0.292 e. The summed E-state index contributed by atoms with van der Waals surface area (Å²) in [7, 11) is 0. The normalized spacial score (nSPS) is 12.5. The van der Waals surface area contributed by atoms with Gasteiger partial charge in [-0.2, -0.15) is 13.2 Å². The van der Waals surface area contributed by atoms with Crippen LogP contribution in [0.1, 0.15) is 42.0 Å². The van der Waals surface area contributed by atoms with Gasteiger partial charge in [-0.25, -0.2) is 4.98 Å². The Morgan fingerprint density at radius 2 is 1.91 bits per heavy atom. The van der Waals surface area contributed by atoms with E-state index in [1.165, 1.54) is 30.5 Å². The second-order valence-electron chi connectivity index (χ2n) is 5.54. The molecule has 0 atom stereocenters. The van der Waals surface area contributed by atoms with Gasteiger partial charge in [-0.3, -0.25) is 9.78 Å². The Hall–Kier alpha value is -1.76. The highest BCUT2D eigenvalue weighted by Crippen LogP contribution is 2.41. The van der Waals surface area contributed by atoms with E-state index in [1.807, 2.05) is 0 Å². The molecule has 2 aromatic heterocycles. The van der Waals surface area contributed by atoms with E-state index in [0.717, 1.165) is 13.8 Å². The quantitative estimate of drug-likeness (QED) is 0.776. The molecule has 0 spiro atoms. The molecule has 7 heteroatoms. The van der Waals surface area contributed by atoms with Gasteiger partial charge in [0.15, 0.2) is 10.8 Å². The molecule has 0 N–H and O–H groups in total. The molecule has 118 valence electrons. The second kappa shape index (κ2) is 5.46. The van der Waals surface area contributed by atoms with Gasteiger partial charge in [-0.15, -0.1) is 11.3 Å². The Balaban J connectivity index is 2.52. The lowest BCUT2D eigenvalue weighted by molar-refractivity contribution is -0.181. The largest absolute Gasteiger partial charge is 0.399 e. The van der Waals surface area contributed by atoms with Crippen LogP contribution in [-0.2, 0) is 5.41 Å². The third kappa shape index (κ3) is 2.90. The van der Waals surface area contributed by atoms with E-state index in [1.54, 1.807) is 13.0 Å². The number of aromatic nitrogens is 2. The van der Waals surface area contributed by atoms with Gasteiger partial charge < -0.3 is 0 Å². The first kappa shape index (κ1) is 16.6. The zero-order valence-electron chi connectivity index (χ0n) is 12.6. The number of alkyl halides is 3. The topological polar surface area (TPSA) is 42.9 Å². The van der Waals surface area contributed by atoms with E-state index in [-0.39, 0.29) is 11.5 Å². The first-order valence-corrected chi connectivity index (χ1v) is 7.37. The summed E-state index contributed by atoms with van der Waals surface area (Å²) in [5.74, 6) is -0.163. The van der Waals surface area contributed by atoms with Crippen molar-refractivity contribution in [1.82, 2.24) is 9.97 Å². The third-order valence-electron chi connectivity index (χ3n) is 3.47. The molecule has 22 heavy (non-hydrogen) atoms. The number of Topliss-reactive ketones (excluding diaryl/α,β-unsaturated/α-hetero) is 1.